The number of hydrogen-bond donors (Lipinski definition) is 2. The summed E-state index contributed by atoms with van der Waals surface area (Å²) in [4.78, 5) is 34.8. The Kier molecular flexibility index (Phi) is 8.34. The summed E-state index contributed by atoms with van der Waals surface area (Å²) in [6, 6.07) is -0.212. The summed E-state index contributed by atoms with van der Waals surface area (Å²) in [5, 5.41) is 5.20. The fourth-order valence-corrected chi connectivity index (χ4v) is 1.07. The third-order valence-electron chi connectivity index (χ3n) is 1.99. The lowest BCUT2D eigenvalue weighted by Crippen LogP contribution is -2.39. The van der Waals surface area contributed by atoms with Crippen molar-refractivity contribution >= 4 is 17.9 Å². The lowest BCUT2D eigenvalue weighted by Gasteiger charge is -2.12. The zero-order valence-corrected chi connectivity index (χ0v) is 11.1. The van der Waals surface area contributed by atoms with Gasteiger partial charge in [0.05, 0.1) is 13.0 Å². The van der Waals surface area contributed by atoms with Gasteiger partial charge in [0.1, 0.15) is 0 Å². The average Bonchev–Trinajstić information content (AvgIpc) is 2.32. The number of carbonyl (C=O) groups excluding carboxylic acids is 3. The molecule has 0 unspecified atom stereocenters. The molecule has 0 radical (unpaired) electrons. The van der Waals surface area contributed by atoms with Gasteiger partial charge in [0.2, 0.25) is 5.91 Å². The van der Waals surface area contributed by atoms with Crippen molar-refractivity contribution in [2.75, 3.05) is 33.8 Å². The van der Waals surface area contributed by atoms with Gasteiger partial charge in [0.25, 0.3) is 0 Å². The highest BCUT2D eigenvalue weighted by Gasteiger charge is 2.07. The molecule has 0 aromatic carbocycles. The number of esters is 1. The van der Waals surface area contributed by atoms with Crippen LogP contribution in [-0.4, -0.2) is 56.6 Å². The van der Waals surface area contributed by atoms with E-state index in [9.17, 15) is 14.4 Å². The summed E-state index contributed by atoms with van der Waals surface area (Å²) in [5.74, 6) is -0.615. The Morgan fingerprint density at radius 2 is 1.67 bits per heavy atom. The van der Waals surface area contributed by atoms with Gasteiger partial charge in [-0.25, -0.2) is 4.79 Å². The van der Waals surface area contributed by atoms with Crippen molar-refractivity contribution in [2.24, 2.45) is 0 Å². The van der Waals surface area contributed by atoms with Crippen molar-refractivity contribution in [1.29, 1.82) is 0 Å². The Hall–Kier alpha value is -1.79. The van der Waals surface area contributed by atoms with E-state index in [0.29, 0.717) is 19.7 Å². The van der Waals surface area contributed by atoms with Crippen molar-refractivity contribution < 1.29 is 19.1 Å². The molecule has 0 heterocycles. The minimum Gasteiger partial charge on any atom is -0.466 e. The Morgan fingerprint density at radius 3 is 2.22 bits per heavy atom. The van der Waals surface area contributed by atoms with Crippen LogP contribution in [0.4, 0.5) is 4.79 Å². The Bertz CT molecular complexity index is 292. The molecule has 7 heteroatoms. The molecular weight excluding hydrogens is 238 g/mol. The molecule has 2 N–H and O–H groups in total. The fourth-order valence-electron chi connectivity index (χ4n) is 1.07. The van der Waals surface area contributed by atoms with Crippen molar-refractivity contribution in [1.82, 2.24) is 15.5 Å². The zero-order chi connectivity index (χ0) is 14.0. The van der Waals surface area contributed by atoms with Crippen LogP contribution in [0.3, 0.4) is 0 Å². The number of carbonyl (C=O) groups is 3. The number of hydrogen-bond acceptors (Lipinski definition) is 4. The van der Waals surface area contributed by atoms with Crippen molar-refractivity contribution in [3.63, 3.8) is 0 Å². The first kappa shape index (κ1) is 16.2. The number of ether oxygens (including phenoxy) is 1. The molecule has 0 fully saturated rings. The van der Waals surface area contributed by atoms with Gasteiger partial charge >= 0.3 is 12.0 Å². The van der Waals surface area contributed by atoms with E-state index in [2.05, 4.69) is 10.6 Å². The molecule has 0 aliphatic heterocycles. The molecule has 7 nitrogen and oxygen atoms in total. The topological polar surface area (TPSA) is 87.7 Å². The maximum absolute atomic E-state index is 11.3. The quantitative estimate of drug-likeness (QED) is 0.486. The number of nitrogens with zero attached hydrogens (tertiary/aromatic N) is 1. The average molecular weight is 259 g/mol. The normalized spacial score (nSPS) is 9.50. The SMILES string of the molecule is CCOC(=O)CCC(=O)NCCNC(=O)N(C)C. The lowest BCUT2D eigenvalue weighted by molar-refractivity contribution is -0.144. The first-order valence-corrected chi connectivity index (χ1v) is 5.84. The van der Waals surface area contributed by atoms with Crippen LogP contribution < -0.4 is 10.6 Å². The van der Waals surface area contributed by atoms with Gasteiger partial charge in [-0.2, -0.15) is 0 Å². The Morgan fingerprint density at radius 1 is 1.06 bits per heavy atom. The molecule has 3 amide bonds. The maximum Gasteiger partial charge on any atom is 0.316 e. The molecule has 0 aromatic heterocycles. The molecule has 0 aliphatic rings. The number of amides is 3. The highest BCUT2D eigenvalue weighted by molar-refractivity contribution is 5.81. The first-order chi connectivity index (χ1) is 8.47. The molecule has 18 heavy (non-hydrogen) atoms. The van der Waals surface area contributed by atoms with E-state index in [1.165, 1.54) is 4.90 Å². The van der Waals surface area contributed by atoms with Crippen LogP contribution in [0.1, 0.15) is 19.8 Å². The summed E-state index contributed by atoms with van der Waals surface area (Å²) >= 11 is 0. The van der Waals surface area contributed by atoms with E-state index in [1.54, 1.807) is 21.0 Å². The lowest BCUT2D eigenvalue weighted by atomic mass is 10.3. The highest BCUT2D eigenvalue weighted by Crippen LogP contribution is 1.92. The minimum absolute atomic E-state index is 0.0731. The van der Waals surface area contributed by atoms with Crippen LogP contribution in [0.25, 0.3) is 0 Å². The number of urea groups is 1. The van der Waals surface area contributed by atoms with E-state index in [0.717, 1.165) is 0 Å². The standard InChI is InChI=1S/C11H21N3O4/c1-4-18-10(16)6-5-9(15)12-7-8-13-11(17)14(2)3/h4-8H2,1-3H3,(H,12,15)(H,13,17). The molecule has 0 saturated heterocycles. The van der Waals surface area contributed by atoms with E-state index >= 15 is 0 Å². The zero-order valence-electron chi connectivity index (χ0n) is 11.1. The molecule has 0 aliphatic carbocycles. The summed E-state index contributed by atoms with van der Waals surface area (Å²) in [5.41, 5.74) is 0. The second-order valence-electron chi connectivity index (χ2n) is 3.78. The van der Waals surface area contributed by atoms with Gasteiger partial charge in [0, 0.05) is 33.6 Å². The Labute approximate surface area is 107 Å². The third kappa shape index (κ3) is 8.37. The molecule has 0 saturated carbocycles. The van der Waals surface area contributed by atoms with Crippen LogP contribution in [0.15, 0.2) is 0 Å². The predicted molar refractivity (Wildman–Crippen MR) is 66.0 cm³/mol. The first-order valence-electron chi connectivity index (χ1n) is 5.84. The predicted octanol–water partition coefficient (Wildman–Crippen LogP) is -0.283. The molecule has 0 atom stereocenters. The van der Waals surface area contributed by atoms with E-state index < -0.39 is 0 Å². The van der Waals surface area contributed by atoms with E-state index in [-0.39, 0.29) is 30.7 Å². The summed E-state index contributed by atoms with van der Waals surface area (Å²) in [7, 11) is 3.26. The van der Waals surface area contributed by atoms with Gasteiger partial charge in [-0.3, -0.25) is 9.59 Å². The van der Waals surface area contributed by atoms with Gasteiger partial charge in [-0.05, 0) is 6.92 Å². The van der Waals surface area contributed by atoms with Crippen molar-refractivity contribution in [3.8, 4) is 0 Å². The minimum atomic E-state index is -0.381. The van der Waals surface area contributed by atoms with Gasteiger partial charge in [0.15, 0.2) is 0 Å². The van der Waals surface area contributed by atoms with Gasteiger partial charge in [-0.15, -0.1) is 0 Å². The molecule has 0 spiro atoms. The van der Waals surface area contributed by atoms with Crippen LogP contribution in [-0.2, 0) is 14.3 Å². The van der Waals surface area contributed by atoms with Crippen LogP contribution >= 0.6 is 0 Å². The summed E-state index contributed by atoms with van der Waals surface area (Å²) < 4.78 is 4.69. The van der Waals surface area contributed by atoms with Crippen LogP contribution in [0, 0.1) is 0 Å². The largest absolute Gasteiger partial charge is 0.466 e. The molecule has 0 bridgehead atoms. The van der Waals surface area contributed by atoms with Crippen molar-refractivity contribution in [3.05, 3.63) is 0 Å². The number of rotatable bonds is 7. The van der Waals surface area contributed by atoms with Crippen LogP contribution in [0.5, 0.6) is 0 Å². The third-order valence-corrected chi connectivity index (χ3v) is 1.99. The van der Waals surface area contributed by atoms with E-state index in [4.69, 9.17) is 4.74 Å². The molecular formula is C11H21N3O4. The number of nitrogens with one attached hydrogen (secondary N) is 2. The smallest absolute Gasteiger partial charge is 0.316 e. The summed E-state index contributed by atoms with van der Waals surface area (Å²) in [6.07, 6.45) is 0.171. The monoisotopic (exact) mass is 259 g/mol. The second kappa shape index (κ2) is 9.26. The van der Waals surface area contributed by atoms with E-state index in [1.807, 2.05) is 0 Å². The maximum atomic E-state index is 11.3. The fraction of sp³-hybridized carbons (Fsp3) is 0.727. The summed E-state index contributed by atoms with van der Waals surface area (Å²) in [6.45, 7) is 2.71. The van der Waals surface area contributed by atoms with Crippen LogP contribution in [0.2, 0.25) is 0 Å². The Balaban J connectivity index is 3.54. The molecule has 0 aromatic rings. The molecule has 104 valence electrons. The highest BCUT2D eigenvalue weighted by atomic mass is 16.5. The van der Waals surface area contributed by atoms with Crippen molar-refractivity contribution in [2.45, 2.75) is 19.8 Å². The molecule has 0 rings (SSSR count). The second-order valence-corrected chi connectivity index (χ2v) is 3.78. The van der Waals surface area contributed by atoms with Gasteiger partial charge < -0.3 is 20.3 Å². The van der Waals surface area contributed by atoms with Gasteiger partial charge in [-0.1, -0.05) is 0 Å².